The quantitative estimate of drug-likeness (QED) is 0.353. The first-order valence-electron chi connectivity index (χ1n) is 12.2. The van der Waals surface area contributed by atoms with Gasteiger partial charge in [0.2, 0.25) is 5.91 Å². The Morgan fingerprint density at radius 1 is 1.29 bits per heavy atom. The van der Waals surface area contributed by atoms with Gasteiger partial charge < -0.3 is 19.6 Å². The number of carboxylic acid groups (broad SMARTS) is 1. The molecule has 1 aliphatic carbocycles. The third-order valence-electron chi connectivity index (χ3n) is 7.48. The van der Waals surface area contributed by atoms with Crippen LogP contribution in [0.25, 0.3) is 22.0 Å². The first-order chi connectivity index (χ1) is 18.0. The number of pyridine rings is 2. The second-order valence-electron chi connectivity index (χ2n) is 9.89. The molecule has 38 heavy (non-hydrogen) atoms. The minimum Gasteiger partial charge on any atom is -0.471 e. The van der Waals surface area contributed by atoms with E-state index < -0.39 is 27.9 Å². The molecule has 1 aliphatic heterocycles. The van der Waals surface area contributed by atoms with Gasteiger partial charge in [-0.3, -0.25) is 19.9 Å². The van der Waals surface area contributed by atoms with E-state index in [1.54, 1.807) is 38.1 Å². The van der Waals surface area contributed by atoms with Gasteiger partial charge in [-0.25, -0.2) is 14.2 Å². The summed E-state index contributed by atoms with van der Waals surface area (Å²) in [5, 5.41) is 21.7. The highest BCUT2D eigenvalue weighted by Gasteiger charge is 2.54. The summed E-state index contributed by atoms with van der Waals surface area (Å²) in [5.74, 6) is -0.932. The summed E-state index contributed by atoms with van der Waals surface area (Å²) in [7, 11) is 1.70. The molecule has 3 aromatic rings. The monoisotopic (exact) mass is 523 g/mol. The van der Waals surface area contributed by atoms with Crippen LogP contribution in [0.2, 0.25) is 0 Å². The van der Waals surface area contributed by atoms with Gasteiger partial charge in [-0.05, 0) is 32.8 Å². The molecule has 12 heteroatoms. The molecule has 1 spiro atoms. The highest BCUT2D eigenvalue weighted by Crippen LogP contribution is 2.55. The Labute approximate surface area is 217 Å². The molecule has 0 unspecified atom stereocenters. The van der Waals surface area contributed by atoms with Crippen molar-refractivity contribution in [3.8, 4) is 17.0 Å². The number of carbonyl (C=O) groups is 2. The lowest BCUT2D eigenvalue weighted by molar-refractivity contribution is -0.386. The predicted molar refractivity (Wildman–Crippen MR) is 136 cm³/mol. The molecule has 198 valence electrons. The molecule has 2 aromatic heterocycles. The highest BCUT2D eigenvalue weighted by atomic mass is 19.1. The second-order valence-corrected chi connectivity index (χ2v) is 9.89. The van der Waals surface area contributed by atoms with Crippen molar-refractivity contribution in [2.45, 2.75) is 44.6 Å². The van der Waals surface area contributed by atoms with Crippen LogP contribution in [-0.4, -0.2) is 63.1 Å². The number of carbonyl (C=O) groups excluding carboxylic acids is 1. The number of hydrogen-bond donors (Lipinski definition) is 1. The van der Waals surface area contributed by atoms with Crippen LogP contribution in [0, 0.1) is 15.9 Å². The average Bonchev–Trinajstić information content (AvgIpc) is 3.08. The Hall–Kier alpha value is -4.35. The zero-order chi connectivity index (χ0) is 27.4. The van der Waals surface area contributed by atoms with Gasteiger partial charge >= 0.3 is 11.8 Å². The van der Waals surface area contributed by atoms with Gasteiger partial charge in [0.15, 0.2) is 0 Å². The number of nitro groups is 1. The third-order valence-corrected chi connectivity index (χ3v) is 7.48. The summed E-state index contributed by atoms with van der Waals surface area (Å²) in [6.07, 6.45) is 4.04. The second kappa shape index (κ2) is 9.19. The van der Waals surface area contributed by atoms with Gasteiger partial charge in [-0.2, -0.15) is 0 Å². The molecule has 5 rings (SSSR count). The molecule has 1 fully saturated rings. The summed E-state index contributed by atoms with van der Waals surface area (Å²) in [6, 6.07) is 3.72. The highest BCUT2D eigenvalue weighted by molar-refractivity contribution is 6.13. The Kier molecular flexibility index (Phi) is 6.12. The maximum absolute atomic E-state index is 15.3. The molecule has 1 saturated carbocycles. The number of likely N-dealkylation sites (N-methyl/N-ethyl adjacent to an activating group) is 1. The fourth-order valence-corrected chi connectivity index (χ4v) is 5.36. The van der Waals surface area contributed by atoms with Gasteiger partial charge in [0, 0.05) is 53.5 Å². The van der Waals surface area contributed by atoms with Crippen LogP contribution >= 0.6 is 0 Å². The van der Waals surface area contributed by atoms with E-state index in [0.717, 1.165) is 16.9 Å². The van der Waals surface area contributed by atoms with Crippen LogP contribution in [0.15, 0.2) is 30.6 Å². The lowest BCUT2D eigenvalue weighted by atomic mass is 9.64. The summed E-state index contributed by atoms with van der Waals surface area (Å²) in [5.41, 5.74) is 1.02. The lowest BCUT2D eigenvalue weighted by Gasteiger charge is -2.37. The Balaban J connectivity index is 1.53. The number of halogens is 1. The van der Waals surface area contributed by atoms with Gasteiger partial charge in [0.25, 0.3) is 5.88 Å². The SMILES string of the molecule is CC(C)N(CCOc1ncc(-c2cc3c4c(cnc3cc2F)N(C)C(=O)C42CCC2)cc1[N+](=O)[O-])C(=O)O. The zero-order valence-corrected chi connectivity index (χ0v) is 21.1. The molecule has 3 heterocycles. The largest absolute Gasteiger partial charge is 0.471 e. The Morgan fingerprint density at radius 2 is 2.03 bits per heavy atom. The normalized spacial score (nSPS) is 15.6. The van der Waals surface area contributed by atoms with Crippen molar-refractivity contribution in [1.82, 2.24) is 14.9 Å². The van der Waals surface area contributed by atoms with E-state index >= 15 is 4.39 Å². The van der Waals surface area contributed by atoms with E-state index in [9.17, 15) is 24.8 Å². The molecule has 0 bridgehead atoms. The van der Waals surface area contributed by atoms with Crippen LogP contribution in [0.4, 0.5) is 20.6 Å². The molecule has 1 aromatic carbocycles. The maximum atomic E-state index is 15.3. The van der Waals surface area contributed by atoms with Crippen molar-refractivity contribution < 1.29 is 28.7 Å². The topological polar surface area (TPSA) is 139 Å². The van der Waals surface area contributed by atoms with E-state index in [-0.39, 0.29) is 42.1 Å². The molecular formula is C26H26FN5O6. The molecule has 0 atom stereocenters. The van der Waals surface area contributed by atoms with Crippen LogP contribution in [0.5, 0.6) is 5.88 Å². The fourth-order valence-electron chi connectivity index (χ4n) is 5.36. The van der Waals surface area contributed by atoms with E-state index in [1.165, 1.54) is 18.3 Å². The van der Waals surface area contributed by atoms with Crippen molar-refractivity contribution in [3.63, 3.8) is 0 Å². The smallest absolute Gasteiger partial charge is 0.407 e. The van der Waals surface area contributed by atoms with Crippen molar-refractivity contribution in [2.75, 3.05) is 25.1 Å². The number of anilines is 1. The first-order valence-corrected chi connectivity index (χ1v) is 12.2. The van der Waals surface area contributed by atoms with Gasteiger partial charge in [-0.15, -0.1) is 0 Å². The van der Waals surface area contributed by atoms with E-state index in [1.807, 2.05) is 0 Å². The standard InChI is InChI=1S/C26H26FN5O6/c1-14(2)31(25(34)35)7-8-38-23-20(32(36)37)9-15(12-29-23)16-10-17-19(11-18(16)27)28-13-21-22(17)26(5-4-6-26)24(33)30(21)3/h9-14H,4-8H2,1-3H3,(H,34,35). The number of fused-ring (bicyclic) bond motifs is 4. The van der Waals surface area contributed by atoms with E-state index in [4.69, 9.17) is 4.74 Å². The number of benzene rings is 1. The fraction of sp³-hybridized carbons (Fsp3) is 0.385. The predicted octanol–water partition coefficient (Wildman–Crippen LogP) is 4.51. The third kappa shape index (κ3) is 3.87. The Morgan fingerprint density at radius 3 is 2.63 bits per heavy atom. The van der Waals surface area contributed by atoms with E-state index in [0.29, 0.717) is 29.4 Å². The van der Waals surface area contributed by atoms with Crippen LogP contribution in [-0.2, 0) is 10.2 Å². The first kappa shape index (κ1) is 25.3. The van der Waals surface area contributed by atoms with Crippen LogP contribution in [0.3, 0.4) is 0 Å². The molecule has 2 amide bonds. The molecule has 11 nitrogen and oxygen atoms in total. The number of aromatic nitrogens is 2. The van der Waals surface area contributed by atoms with Gasteiger partial charge in [-0.1, -0.05) is 6.42 Å². The minimum absolute atomic E-state index is 0.00309. The van der Waals surface area contributed by atoms with Crippen molar-refractivity contribution in [2.24, 2.45) is 0 Å². The maximum Gasteiger partial charge on any atom is 0.407 e. The number of amides is 2. The van der Waals surface area contributed by atoms with Crippen LogP contribution < -0.4 is 9.64 Å². The molecule has 1 N–H and O–H groups in total. The van der Waals surface area contributed by atoms with E-state index in [2.05, 4.69) is 9.97 Å². The lowest BCUT2D eigenvalue weighted by Crippen LogP contribution is -2.43. The summed E-state index contributed by atoms with van der Waals surface area (Å²) >= 11 is 0. The van der Waals surface area contributed by atoms with Crippen molar-refractivity contribution in [1.29, 1.82) is 0 Å². The summed E-state index contributed by atoms with van der Waals surface area (Å²) in [6.45, 7) is 3.24. The molecular weight excluding hydrogens is 497 g/mol. The number of ether oxygens (including phenoxy) is 1. The number of nitrogens with zero attached hydrogens (tertiary/aromatic N) is 5. The molecule has 0 radical (unpaired) electrons. The minimum atomic E-state index is -1.13. The molecule has 2 aliphatic rings. The molecule has 0 saturated heterocycles. The summed E-state index contributed by atoms with van der Waals surface area (Å²) in [4.78, 5) is 46.7. The average molecular weight is 524 g/mol. The van der Waals surface area contributed by atoms with Crippen LogP contribution in [0.1, 0.15) is 38.7 Å². The zero-order valence-electron chi connectivity index (χ0n) is 21.1. The van der Waals surface area contributed by atoms with Crippen molar-refractivity contribution >= 4 is 34.3 Å². The Bertz CT molecular complexity index is 1490. The number of rotatable bonds is 7. The van der Waals surface area contributed by atoms with Gasteiger partial charge in [0.1, 0.15) is 12.4 Å². The van der Waals surface area contributed by atoms with Gasteiger partial charge in [0.05, 0.1) is 34.3 Å². The van der Waals surface area contributed by atoms with Crippen molar-refractivity contribution in [3.05, 3.63) is 52.1 Å². The number of hydrogen-bond acceptors (Lipinski definition) is 7. The summed E-state index contributed by atoms with van der Waals surface area (Å²) < 4.78 is 20.7.